The molecule has 5 nitrogen and oxygen atoms in total. The van der Waals surface area contributed by atoms with Crippen molar-refractivity contribution in [2.75, 3.05) is 11.6 Å². The minimum atomic E-state index is -1.11. The number of ether oxygens (including phenoxy) is 1. The Morgan fingerprint density at radius 2 is 2.12 bits per heavy atom. The van der Waals surface area contributed by atoms with Crippen LogP contribution in [0, 0.1) is 11.7 Å². The lowest BCUT2D eigenvalue weighted by Gasteiger charge is -2.18. The molecule has 0 spiro atoms. The van der Waals surface area contributed by atoms with Crippen molar-refractivity contribution >= 4 is 22.3 Å². The van der Waals surface area contributed by atoms with Gasteiger partial charge in [0.05, 0.1) is 17.2 Å². The summed E-state index contributed by atoms with van der Waals surface area (Å²) >= 11 is 0. The second-order valence-electron chi connectivity index (χ2n) is 8.90. The first-order valence-electron chi connectivity index (χ1n) is 12.4. The van der Waals surface area contributed by atoms with Gasteiger partial charge < -0.3 is 10.1 Å². The fourth-order valence-electron chi connectivity index (χ4n) is 4.70. The second-order valence-corrected chi connectivity index (χ2v) is 10.3. The van der Waals surface area contributed by atoms with Gasteiger partial charge in [-0.15, -0.1) is 0 Å². The van der Waals surface area contributed by atoms with Gasteiger partial charge >= 0.3 is 0 Å². The van der Waals surface area contributed by atoms with Gasteiger partial charge in [0.1, 0.15) is 5.76 Å². The van der Waals surface area contributed by atoms with Crippen LogP contribution in [0.5, 0.6) is 0 Å². The van der Waals surface area contributed by atoms with E-state index in [0.717, 1.165) is 54.9 Å². The molecule has 0 radical (unpaired) electrons. The number of aromatic nitrogens is 2. The first-order chi connectivity index (χ1) is 16.4. The Balaban J connectivity index is 1.72. The van der Waals surface area contributed by atoms with E-state index in [1.165, 1.54) is 0 Å². The molecule has 3 atom stereocenters. The first-order valence-corrected chi connectivity index (χ1v) is 14.1. The molecule has 1 aliphatic carbocycles. The van der Waals surface area contributed by atoms with E-state index in [1.54, 1.807) is 12.3 Å². The highest BCUT2D eigenvalue weighted by molar-refractivity contribution is 7.83. The quantitative estimate of drug-likeness (QED) is 0.328. The summed E-state index contributed by atoms with van der Waals surface area (Å²) in [4.78, 5) is 0. The van der Waals surface area contributed by atoms with Crippen LogP contribution in [0.15, 0.2) is 41.9 Å². The van der Waals surface area contributed by atoms with Crippen LogP contribution < -0.4 is 5.32 Å². The van der Waals surface area contributed by atoms with Gasteiger partial charge in [0.25, 0.3) is 0 Å². The minimum absolute atomic E-state index is 0.211. The average Bonchev–Trinajstić information content (AvgIpc) is 3.49. The Hall–Kier alpha value is -2.41. The zero-order valence-corrected chi connectivity index (χ0v) is 21.9. The average molecular weight is 488 g/mol. The smallest absolute Gasteiger partial charge is 0.152 e. The maximum absolute atomic E-state index is 15.2. The molecule has 34 heavy (non-hydrogen) atoms. The molecule has 2 N–H and O–H groups in total. The molecule has 1 aromatic heterocycles. The van der Waals surface area contributed by atoms with Crippen molar-refractivity contribution in [3.05, 3.63) is 64.5 Å². The lowest BCUT2D eigenvalue weighted by molar-refractivity contribution is 0.243. The zero-order chi connectivity index (χ0) is 24.7. The number of hydrogen-bond donors (Lipinski definition) is 2. The maximum atomic E-state index is 15.2. The summed E-state index contributed by atoms with van der Waals surface area (Å²) in [7, 11) is -1.11. The minimum Gasteiger partial charge on any atom is -0.466 e. The van der Waals surface area contributed by atoms with E-state index in [-0.39, 0.29) is 11.6 Å². The molecule has 3 unspecified atom stereocenters. The highest BCUT2D eigenvalue weighted by Gasteiger charge is 2.31. The van der Waals surface area contributed by atoms with Crippen molar-refractivity contribution in [3.8, 4) is 0 Å². The monoisotopic (exact) mass is 487 g/mol. The first kappa shape index (κ1) is 26.2. The third-order valence-corrected chi connectivity index (χ3v) is 7.22. The largest absolute Gasteiger partial charge is 0.466 e. The van der Waals surface area contributed by atoms with Crippen molar-refractivity contribution in [2.24, 2.45) is 5.92 Å². The molecule has 2 aromatic rings. The lowest BCUT2D eigenvalue weighted by Crippen LogP contribution is -2.05. The third kappa shape index (κ3) is 6.38. The van der Waals surface area contributed by atoms with Gasteiger partial charge in [0, 0.05) is 52.6 Å². The summed E-state index contributed by atoms with van der Waals surface area (Å²) in [5.74, 6) is 3.30. The van der Waals surface area contributed by atoms with Crippen molar-refractivity contribution in [3.63, 3.8) is 0 Å². The van der Waals surface area contributed by atoms with Crippen molar-refractivity contribution in [1.29, 1.82) is 0 Å². The van der Waals surface area contributed by atoms with Crippen molar-refractivity contribution in [2.45, 2.75) is 77.9 Å². The number of rotatable bonds is 11. The van der Waals surface area contributed by atoms with Crippen LogP contribution in [0.4, 0.5) is 15.9 Å². The Morgan fingerprint density at radius 3 is 2.76 bits per heavy atom. The number of anilines is 2. The molecule has 1 aliphatic rings. The fraction of sp³-hybridized carbons (Fsp3) is 0.519. The number of hydrogen-bond acceptors (Lipinski definition) is 4. The van der Waals surface area contributed by atoms with Crippen molar-refractivity contribution < 1.29 is 13.3 Å². The molecule has 186 valence electrons. The molecular formula is C27H38FN3O2S. The van der Waals surface area contributed by atoms with Crippen LogP contribution in [-0.4, -0.2) is 20.7 Å². The molecule has 1 aromatic carbocycles. The van der Waals surface area contributed by atoms with Gasteiger partial charge in [-0.05, 0) is 62.8 Å². The number of allylic oxidation sites excluding steroid dienone is 4. The van der Waals surface area contributed by atoms with Crippen molar-refractivity contribution in [1.82, 2.24) is 10.2 Å². The number of nitrogens with one attached hydrogen (secondary N) is 2. The molecule has 3 rings (SSSR count). The summed E-state index contributed by atoms with van der Waals surface area (Å²) in [6.07, 6.45) is 11.5. The third-order valence-electron chi connectivity index (χ3n) is 6.53. The molecule has 7 heteroatoms. The van der Waals surface area contributed by atoms with E-state index >= 15 is 4.39 Å². The predicted octanol–water partition coefficient (Wildman–Crippen LogP) is 7.24. The van der Waals surface area contributed by atoms with Crippen LogP contribution in [0.2, 0.25) is 0 Å². The predicted molar refractivity (Wildman–Crippen MR) is 139 cm³/mol. The Bertz CT molecular complexity index is 1060. The number of nitrogens with zero attached hydrogens (tertiary/aromatic N) is 1. The highest BCUT2D eigenvalue weighted by atomic mass is 32.2. The standard InChI is InChI=1S/C27H38FN3O2S/c1-6-10-25(33-21(8-3)9-4)20-12-11-19(15-20)24-16-26(31-30-24)29-23-14-13-18(7-2)22(27(23)28)17-34(5)32/h8,10,13-14,16,19-20H,6-7,9,11-12,15,17H2,1-5H3,(H2,29,30,31)/b21-8-,25-10+. The van der Waals surface area contributed by atoms with Gasteiger partial charge in [-0.25, -0.2) is 4.39 Å². The Kier molecular flexibility index (Phi) is 9.51. The van der Waals surface area contributed by atoms with Crippen LogP contribution in [0.3, 0.4) is 0 Å². The van der Waals surface area contributed by atoms with Gasteiger partial charge in [0.2, 0.25) is 0 Å². The summed E-state index contributed by atoms with van der Waals surface area (Å²) in [6, 6.07) is 5.62. The van der Waals surface area contributed by atoms with Crippen LogP contribution in [0.1, 0.15) is 82.5 Å². The summed E-state index contributed by atoms with van der Waals surface area (Å²) in [6.45, 7) is 8.24. The number of aromatic amines is 1. The topological polar surface area (TPSA) is 67.0 Å². The number of aryl methyl sites for hydroxylation is 1. The molecule has 0 amide bonds. The number of halogens is 1. The van der Waals surface area contributed by atoms with Gasteiger partial charge in [-0.2, -0.15) is 5.10 Å². The Morgan fingerprint density at radius 1 is 1.32 bits per heavy atom. The van der Waals surface area contributed by atoms with E-state index in [2.05, 4.69) is 35.4 Å². The SMILES string of the molecule is C/C=C(/CC)O/C(=C/CC)C1CCC(c2cc(Nc3ccc(CC)c(CS(C)=O)c3F)n[nH]2)C1. The van der Waals surface area contributed by atoms with E-state index in [4.69, 9.17) is 4.74 Å². The van der Waals surface area contributed by atoms with E-state index in [1.807, 2.05) is 32.1 Å². The molecule has 1 fully saturated rings. The van der Waals surface area contributed by atoms with Crippen LogP contribution in [0.25, 0.3) is 0 Å². The van der Waals surface area contributed by atoms with E-state index in [9.17, 15) is 4.21 Å². The maximum Gasteiger partial charge on any atom is 0.152 e. The molecular weight excluding hydrogens is 449 g/mol. The van der Waals surface area contributed by atoms with E-state index in [0.29, 0.717) is 35.3 Å². The van der Waals surface area contributed by atoms with Gasteiger partial charge in [-0.3, -0.25) is 9.31 Å². The highest BCUT2D eigenvalue weighted by Crippen LogP contribution is 2.42. The summed E-state index contributed by atoms with van der Waals surface area (Å²) < 4.78 is 33.2. The summed E-state index contributed by atoms with van der Waals surface area (Å²) in [5.41, 5.74) is 2.83. The molecule has 1 saturated carbocycles. The van der Waals surface area contributed by atoms with Crippen LogP contribution in [-0.2, 0) is 27.7 Å². The second kappa shape index (κ2) is 12.3. The van der Waals surface area contributed by atoms with Gasteiger partial charge in [-0.1, -0.05) is 26.8 Å². The molecule has 0 bridgehead atoms. The number of H-pyrrole nitrogens is 1. The van der Waals surface area contributed by atoms with Crippen LogP contribution >= 0.6 is 0 Å². The fourth-order valence-corrected chi connectivity index (χ4v) is 5.42. The summed E-state index contributed by atoms with van der Waals surface area (Å²) in [5, 5.41) is 10.7. The van der Waals surface area contributed by atoms with E-state index < -0.39 is 10.8 Å². The molecule has 0 saturated heterocycles. The molecule has 0 aliphatic heterocycles. The lowest BCUT2D eigenvalue weighted by atomic mass is 10.00. The zero-order valence-electron chi connectivity index (χ0n) is 21.0. The molecule has 1 heterocycles. The normalized spacial score (nSPS) is 19.9. The van der Waals surface area contributed by atoms with Gasteiger partial charge in [0.15, 0.2) is 11.6 Å². The Labute approximate surface area is 205 Å². The number of benzene rings is 1.